The van der Waals surface area contributed by atoms with E-state index in [9.17, 15) is 14.9 Å². The molecule has 104 valence electrons. The Kier molecular flexibility index (Phi) is 5.78. The molecule has 19 heavy (non-hydrogen) atoms. The van der Waals surface area contributed by atoms with Crippen molar-refractivity contribution < 1.29 is 9.72 Å². The molecule has 6 nitrogen and oxygen atoms in total. The maximum Gasteiger partial charge on any atom is 0.294 e. The van der Waals surface area contributed by atoms with Gasteiger partial charge in [0.25, 0.3) is 5.69 Å². The molecule has 0 aromatic heterocycles. The van der Waals surface area contributed by atoms with E-state index < -0.39 is 4.92 Å². The Labute approximate surface area is 112 Å². The third-order valence-corrected chi connectivity index (χ3v) is 2.74. The molecule has 0 saturated carbocycles. The van der Waals surface area contributed by atoms with Crippen molar-refractivity contribution in [2.45, 2.75) is 32.6 Å². The van der Waals surface area contributed by atoms with Gasteiger partial charge in [0.05, 0.1) is 4.92 Å². The first-order valence-electron chi connectivity index (χ1n) is 6.28. The largest absolute Gasteiger partial charge is 0.399 e. The predicted molar refractivity (Wildman–Crippen MR) is 75.1 cm³/mol. The summed E-state index contributed by atoms with van der Waals surface area (Å²) in [6.45, 7) is 2.22. The van der Waals surface area contributed by atoms with Crippen molar-refractivity contribution >= 4 is 22.8 Å². The second kappa shape index (κ2) is 7.35. The van der Waals surface area contributed by atoms with Crippen LogP contribution in [-0.4, -0.2) is 17.3 Å². The van der Waals surface area contributed by atoms with Gasteiger partial charge in [-0.1, -0.05) is 6.42 Å². The minimum Gasteiger partial charge on any atom is -0.399 e. The summed E-state index contributed by atoms with van der Waals surface area (Å²) in [5, 5.41) is 13.9. The number of benzene rings is 1. The van der Waals surface area contributed by atoms with Crippen LogP contribution in [-0.2, 0) is 4.79 Å². The van der Waals surface area contributed by atoms with Gasteiger partial charge in [-0.25, -0.2) is 0 Å². The number of nitrogens with zero attached hydrogens (tertiary/aromatic N) is 1. The number of Topliss-reactive ketones (excluding diaryl/α,β-unsaturated/α-hetero) is 1. The topological polar surface area (TPSA) is 98.3 Å². The summed E-state index contributed by atoms with van der Waals surface area (Å²) >= 11 is 0. The van der Waals surface area contributed by atoms with Gasteiger partial charge in [0.2, 0.25) is 0 Å². The van der Waals surface area contributed by atoms with E-state index in [0.717, 1.165) is 19.3 Å². The molecule has 6 heteroatoms. The molecule has 1 rings (SSSR count). The van der Waals surface area contributed by atoms with E-state index in [1.165, 1.54) is 6.07 Å². The smallest absolute Gasteiger partial charge is 0.294 e. The third-order valence-electron chi connectivity index (χ3n) is 2.74. The fourth-order valence-electron chi connectivity index (χ4n) is 1.75. The van der Waals surface area contributed by atoms with Gasteiger partial charge in [0.15, 0.2) is 0 Å². The maximum atomic E-state index is 10.9. The lowest BCUT2D eigenvalue weighted by Gasteiger charge is -2.07. The Morgan fingerprint density at radius 1 is 1.37 bits per heavy atom. The SMILES string of the molecule is CC(=O)CCCCCNc1ccc(N)cc1[N+](=O)[O-]. The van der Waals surface area contributed by atoms with Crippen molar-refractivity contribution in [2.75, 3.05) is 17.6 Å². The minimum atomic E-state index is -0.450. The summed E-state index contributed by atoms with van der Waals surface area (Å²) in [5.74, 6) is 0.196. The highest BCUT2D eigenvalue weighted by Gasteiger charge is 2.13. The molecule has 0 radical (unpaired) electrons. The van der Waals surface area contributed by atoms with Crippen LogP contribution >= 0.6 is 0 Å². The van der Waals surface area contributed by atoms with Gasteiger partial charge in [0.1, 0.15) is 11.5 Å². The normalized spacial score (nSPS) is 10.2. The van der Waals surface area contributed by atoms with Crippen molar-refractivity contribution in [1.29, 1.82) is 0 Å². The van der Waals surface area contributed by atoms with Crippen LogP contribution in [0, 0.1) is 10.1 Å². The molecular weight excluding hydrogens is 246 g/mol. The van der Waals surface area contributed by atoms with Crippen LogP contribution in [0.1, 0.15) is 32.6 Å². The van der Waals surface area contributed by atoms with E-state index in [1.807, 2.05) is 0 Å². The van der Waals surface area contributed by atoms with E-state index in [1.54, 1.807) is 19.1 Å². The molecule has 1 aromatic rings. The highest BCUT2D eigenvalue weighted by molar-refractivity contribution is 5.75. The van der Waals surface area contributed by atoms with Crippen molar-refractivity contribution in [3.63, 3.8) is 0 Å². The lowest BCUT2D eigenvalue weighted by Crippen LogP contribution is -2.05. The highest BCUT2D eigenvalue weighted by atomic mass is 16.6. The van der Waals surface area contributed by atoms with Gasteiger partial charge in [-0.3, -0.25) is 10.1 Å². The van der Waals surface area contributed by atoms with Gasteiger partial charge in [-0.2, -0.15) is 0 Å². The maximum absolute atomic E-state index is 10.9. The fourth-order valence-corrected chi connectivity index (χ4v) is 1.75. The summed E-state index contributed by atoms with van der Waals surface area (Å²) in [7, 11) is 0. The lowest BCUT2D eigenvalue weighted by atomic mass is 10.1. The van der Waals surface area contributed by atoms with Crippen LogP contribution in [0.25, 0.3) is 0 Å². The fraction of sp³-hybridized carbons (Fsp3) is 0.462. The number of ketones is 1. The van der Waals surface area contributed by atoms with Crippen LogP contribution in [0.4, 0.5) is 17.1 Å². The average Bonchev–Trinajstić information content (AvgIpc) is 2.34. The van der Waals surface area contributed by atoms with E-state index in [4.69, 9.17) is 5.73 Å². The molecule has 0 unspecified atom stereocenters. The van der Waals surface area contributed by atoms with Gasteiger partial charge in [-0.05, 0) is 31.9 Å². The number of nitro groups is 1. The van der Waals surface area contributed by atoms with Crippen molar-refractivity contribution in [2.24, 2.45) is 0 Å². The number of hydrogen-bond donors (Lipinski definition) is 2. The van der Waals surface area contributed by atoms with Crippen molar-refractivity contribution in [3.8, 4) is 0 Å². The van der Waals surface area contributed by atoms with Crippen molar-refractivity contribution in [1.82, 2.24) is 0 Å². The molecule has 0 amide bonds. The van der Waals surface area contributed by atoms with Crippen LogP contribution in [0.5, 0.6) is 0 Å². The lowest BCUT2D eigenvalue weighted by molar-refractivity contribution is -0.383. The van der Waals surface area contributed by atoms with Crippen LogP contribution in [0.3, 0.4) is 0 Å². The zero-order valence-electron chi connectivity index (χ0n) is 11.0. The minimum absolute atomic E-state index is 0.0104. The van der Waals surface area contributed by atoms with Gasteiger partial charge < -0.3 is 15.8 Å². The number of nitrogens with two attached hydrogens (primary N) is 1. The molecule has 0 atom stereocenters. The number of hydrogen-bond acceptors (Lipinski definition) is 5. The monoisotopic (exact) mass is 265 g/mol. The molecule has 0 heterocycles. The summed E-state index contributed by atoms with van der Waals surface area (Å²) in [6, 6.07) is 4.59. The molecule has 0 saturated heterocycles. The van der Waals surface area contributed by atoms with Crippen LogP contribution in [0.15, 0.2) is 18.2 Å². The predicted octanol–water partition coefficient (Wildman–Crippen LogP) is 2.74. The Bertz CT molecular complexity index is 460. The third kappa shape index (κ3) is 5.37. The number of carbonyl (C=O) groups excluding carboxylic acids is 1. The van der Waals surface area contributed by atoms with E-state index >= 15 is 0 Å². The average molecular weight is 265 g/mol. The Hall–Kier alpha value is -2.11. The summed E-state index contributed by atoms with van der Waals surface area (Å²) in [6.07, 6.45) is 3.26. The number of anilines is 2. The second-order valence-corrected chi connectivity index (χ2v) is 4.47. The van der Waals surface area contributed by atoms with E-state index in [2.05, 4.69) is 5.32 Å². The van der Waals surface area contributed by atoms with Crippen molar-refractivity contribution in [3.05, 3.63) is 28.3 Å². The van der Waals surface area contributed by atoms with Crippen LogP contribution in [0.2, 0.25) is 0 Å². The molecule has 1 aromatic carbocycles. The zero-order chi connectivity index (χ0) is 14.3. The molecule has 0 fully saturated rings. The number of unbranched alkanes of at least 4 members (excludes halogenated alkanes) is 2. The molecule has 0 bridgehead atoms. The van der Waals surface area contributed by atoms with Gasteiger partial charge >= 0.3 is 0 Å². The van der Waals surface area contributed by atoms with Crippen LogP contribution < -0.4 is 11.1 Å². The number of nitrogens with one attached hydrogen (secondary N) is 1. The number of rotatable bonds is 8. The molecule has 0 aliphatic rings. The molecular formula is C13H19N3O3. The second-order valence-electron chi connectivity index (χ2n) is 4.47. The van der Waals surface area contributed by atoms with E-state index in [0.29, 0.717) is 24.3 Å². The number of nitrogen functional groups attached to an aromatic ring is 1. The number of nitro benzene ring substituents is 1. The zero-order valence-corrected chi connectivity index (χ0v) is 11.0. The molecule has 0 aliphatic carbocycles. The number of carbonyl (C=O) groups is 1. The molecule has 0 spiro atoms. The standard InChI is InChI=1S/C13H19N3O3/c1-10(17)5-3-2-4-8-15-12-7-6-11(14)9-13(12)16(18)19/h6-7,9,15H,2-5,8,14H2,1H3. The Morgan fingerprint density at radius 2 is 2.11 bits per heavy atom. The first-order chi connectivity index (χ1) is 9.00. The molecule has 3 N–H and O–H groups in total. The summed E-state index contributed by atoms with van der Waals surface area (Å²) in [5.41, 5.74) is 6.36. The Morgan fingerprint density at radius 3 is 2.74 bits per heavy atom. The van der Waals surface area contributed by atoms with Gasteiger partial charge in [-0.15, -0.1) is 0 Å². The highest BCUT2D eigenvalue weighted by Crippen LogP contribution is 2.26. The summed E-state index contributed by atoms with van der Waals surface area (Å²) < 4.78 is 0. The van der Waals surface area contributed by atoms with E-state index in [-0.39, 0.29) is 11.5 Å². The first-order valence-corrected chi connectivity index (χ1v) is 6.28. The molecule has 0 aliphatic heterocycles. The first kappa shape index (κ1) is 14.9. The van der Waals surface area contributed by atoms with Gasteiger partial charge in [0, 0.05) is 24.7 Å². The Balaban J connectivity index is 2.41. The quantitative estimate of drug-likeness (QED) is 0.326. The summed E-state index contributed by atoms with van der Waals surface area (Å²) in [4.78, 5) is 21.2.